The lowest BCUT2D eigenvalue weighted by molar-refractivity contribution is 0.620. The van der Waals surface area contributed by atoms with E-state index < -0.39 is 0 Å². The Labute approximate surface area is 124 Å². The van der Waals surface area contributed by atoms with Gasteiger partial charge in [-0.15, -0.1) is 0 Å². The van der Waals surface area contributed by atoms with Crippen LogP contribution in [0, 0.1) is 0 Å². The highest BCUT2D eigenvalue weighted by atomic mass is 35.5. The molecule has 0 bridgehead atoms. The van der Waals surface area contributed by atoms with E-state index in [4.69, 9.17) is 21.8 Å². The molecule has 0 saturated heterocycles. The van der Waals surface area contributed by atoms with Crippen molar-refractivity contribution < 1.29 is 4.42 Å². The summed E-state index contributed by atoms with van der Waals surface area (Å²) in [5.41, 5.74) is 9.95. The quantitative estimate of drug-likeness (QED) is 0.542. The third-order valence-electron chi connectivity index (χ3n) is 3.22. The molecule has 2 aromatic heterocycles. The molecule has 0 amide bonds. The Bertz CT molecular complexity index is 941. The highest BCUT2D eigenvalue weighted by Gasteiger charge is 2.11. The second kappa shape index (κ2) is 4.43. The Hall–Kier alpha value is -2.66. The van der Waals surface area contributed by atoms with Gasteiger partial charge in [0.25, 0.3) is 0 Å². The maximum absolute atomic E-state index is 6.00. The normalized spacial score (nSPS) is 11.3. The molecule has 2 N–H and O–H groups in total. The number of anilines is 1. The third kappa shape index (κ3) is 1.98. The Kier molecular flexibility index (Phi) is 2.55. The lowest BCUT2D eigenvalue weighted by Gasteiger charge is -1.98. The van der Waals surface area contributed by atoms with E-state index in [9.17, 15) is 0 Å². The van der Waals surface area contributed by atoms with Gasteiger partial charge in [0.15, 0.2) is 5.58 Å². The highest BCUT2D eigenvalue weighted by Crippen LogP contribution is 2.30. The number of fused-ring (bicyclic) bond motifs is 2. The van der Waals surface area contributed by atoms with Crippen molar-refractivity contribution in [3.8, 4) is 11.5 Å². The molecule has 0 saturated carbocycles. The molecule has 0 spiro atoms. The first kappa shape index (κ1) is 12.1. The van der Waals surface area contributed by atoms with E-state index in [1.165, 1.54) is 0 Å². The summed E-state index contributed by atoms with van der Waals surface area (Å²) < 4.78 is 5.74. The number of halogens is 1. The van der Waals surface area contributed by atoms with Crippen molar-refractivity contribution in [1.29, 1.82) is 0 Å². The van der Waals surface area contributed by atoms with Crippen LogP contribution in [0.4, 0.5) is 5.69 Å². The van der Waals surface area contributed by atoms with Crippen LogP contribution in [0.25, 0.3) is 33.6 Å². The molecule has 0 aliphatic rings. The smallest absolute Gasteiger partial charge is 0.227 e. The van der Waals surface area contributed by atoms with Crippen LogP contribution in [0.2, 0.25) is 5.02 Å². The average Bonchev–Trinajstić information content (AvgIpc) is 2.90. The monoisotopic (exact) mass is 296 g/mol. The molecule has 0 aliphatic carbocycles. The molecule has 4 rings (SSSR count). The Morgan fingerprint density at radius 1 is 0.952 bits per heavy atom. The van der Waals surface area contributed by atoms with Gasteiger partial charge in [-0.25, -0.2) is 4.98 Å². The molecule has 0 radical (unpaired) electrons. The second-order valence-electron chi connectivity index (χ2n) is 4.62. The average molecular weight is 297 g/mol. The van der Waals surface area contributed by atoms with Crippen molar-refractivity contribution in [2.75, 3.05) is 5.73 Å². The summed E-state index contributed by atoms with van der Waals surface area (Å²) in [6.07, 6.45) is 3.31. The van der Waals surface area contributed by atoms with Gasteiger partial charge in [0.05, 0.1) is 21.7 Å². The number of oxazole rings is 1. The SMILES string of the molecule is Nc1cc2oc(-c3ccc4nccnc4c3)nc2cc1Cl. The summed E-state index contributed by atoms with van der Waals surface area (Å²) >= 11 is 6.00. The molecule has 102 valence electrons. The molecular formula is C15H9ClN4O. The molecule has 0 aliphatic heterocycles. The van der Waals surface area contributed by atoms with Gasteiger partial charge in [0.1, 0.15) is 5.52 Å². The van der Waals surface area contributed by atoms with E-state index in [2.05, 4.69) is 15.0 Å². The first-order valence-electron chi connectivity index (χ1n) is 6.27. The number of hydrogen-bond acceptors (Lipinski definition) is 5. The zero-order chi connectivity index (χ0) is 14.4. The van der Waals surface area contributed by atoms with Crippen molar-refractivity contribution >= 4 is 39.4 Å². The van der Waals surface area contributed by atoms with Gasteiger partial charge in [-0.05, 0) is 24.3 Å². The summed E-state index contributed by atoms with van der Waals surface area (Å²) in [6, 6.07) is 9.04. The summed E-state index contributed by atoms with van der Waals surface area (Å²) in [6.45, 7) is 0. The van der Waals surface area contributed by atoms with Crippen LogP contribution < -0.4 is 5.73 Å². The number of rotatable bonds is 1. The molecule has 2 heterocycles. The van der Waals surface area contributed by atoms with Crippen LogP contribution in [0.5, 0.6) is 0 Å². The van der Waals surface area contributed by atoms with E-state index >= 15 is 0 Å². The van der Waals surface area contributed by atoms with Gasteiger partial charge >= 0.3 is 0 Å². The molecule has 2 aromatic carbocycles. The van der Waals surface area contributed by atoms with Crippen molar-refractivity contribution in [1.82, 2.24) is 15.0 Å². The van der Waals surface area contributed by atoms with Gasteiger partial charge in [0, 0.05) is 24.0 Å². The highest BCUT2D eigenvalue weighted by molar-refractivity contribution is 6.33. The summed E-state index contributed by atoms with van der Waals surface area (Å²) in [7, 11) is 0. The molecular weight excluding hydrogens is 288 g/mol. The van der Waals surface area contributed by atoms with E-state index in [0.29, 0.717) is 27.7 Å². The van der Waals surface area contributed by atoms with Gasteiger partial charge in [-0.2, -0.15) is 0 Å². The van der Waals surface area contributed by atoms with Crippen molar-refractivity contribution in [3.63, 3.8) is 0 Å². The third-order valence-corrected chi connectivity index (χ3v) is 3.55. The fraction of sp³-hybridized carbons (Fsp3) is 0. The van der Waals surface area contributed by atoms with Crippen LogP contribution in [-0.4, -0.2) is 15.0 Å². The van der Waals surface area contributed by atoms with Crippen LogP contribution >= 0.6 is 11.6 Å². The molecule has 0 unspecified atom stereocenters. The van der Waals surface area contributed by atoms with Crippen LogP contribution in [0.15, 0.2) is 47.1 Å². The molecule has 6 heteroatoms. The zero-order valence-corrected chi connectivity index (χ0v) is 11.5. The molecule has 0 fully saturated rings. The Balaban J connectivity index is 1.91. The van der Waals surface area contributed by atoms with E-state index in [1.807, 2.05) is 18.2 Å². The first-order chi connectivity index (χ1) is 10.2. The lowest BCUT2D eigenvalue weighted by Crippen LogP contribution is -1.84. The summed E-state index contributed by atoms with van der Waals surface area (Å²) in [5.74, 6) is 0.499. The van der Waals surface area contributed by atoms with Crippen LogP contribution in [-0.2, 0) is 0 Å². The summed E-state index contributed by atoms with van der Waals surface area (Å²) in [5, 5.41) is 0.465. The van der Waals surface area contributed by atoms with Gasteiger partial charge in [-0.3, -0.25) is 9.97 Å². The zero-order valence-electron chi connectivity index (χ0n) is 10.7. The second-order valence-corrected chi connectivity index (χ2v) is 5.03. The van der Waals surface area contributed by atoms with E-state index in [0.717, 1.165) is 16.6 Å². The molecule has 4 aromatic rings. The first-order valence-corrected chi connectivity index (χ1v) is 6.65. The minimum absolute atomic E-state index is 0.465. The van der Waals surface area contributed by atoms with E-state index in [-0.39, 0.29) is 0 Å². The van der Waals surface area contributed by atoms with Gasteiger partial charge in [0.2, 0.25) is 5.89 Å². The minimum atomic E-state index is 0.465. The predicted molar refractivity (Wildman–Crippen MR) is 82.0 cm³/mol. The largest absolute Gasteiger partial charge is 0.436 e. The van der Waals surface area contributed by atoms with Gasteiger partial charge < -0.3 is 10.2 Å². The predicted octanol–water partition coefficient (Wildman–Crippen LogP) is 3.67. The van der Waals surface area contributed by atoms with Crippen molar-refractivity contribution in [2.45, 2.75) is 0 Å². The van der Waals surface area contributed by atoms with Crippen LogP contribution in [0.1, 0.15) is 0 Å². The maximum Gasteiger partial charge on any atom is 0.227 e. The molecule has 5 nitrogen and oxygen atoms in total. The number of nitrogens with zero attached hydrogens (tertiary/aromatic N) is 3. The Morgan fingerprint density at radius 2 is 1.76 bits per heavy atom. The molecule has 21 heavy (non-hydrogen) atoms. The topological polar surface area (TPSA) is 77.8 Å². The minimum Gasteiger partial charge on any atom is -0.436 e. The van der Waals surface area contributed by atoms with Crippen molar-refractivity contribution in [2.24, 2.45) is 0 Å². The fourth-order valence-corrected chi connectivity index (χ4v) is 2.34. The number of nitrogen functional groups attached to an aromatic ring is 1. The summed E-state index contributed by atoms with van der Waals surface area (Å²) in [4.78, 5) is 12.9. The fourth-order valence-electron chi connectivity index (χ4n) is 2.18. The number of benzene rings is 2. The van der Waals surface area contributed by atoms with Crippen LogP contribution in [0.3, 0.4) is 0 Å². The maximum atomic E-state index is 6.00. The number of aromatic nitrogens is 3. The standard InChI is InChI=1S/C15H9ClN4O/c16-9-6-13-14(7-10(9)17)21-15(20-13)8-1-2-11-12(5-8)19-4-3-18-11/h1-7H,17H2. The molecule has 0 atom stereocenters. The Morgan fingerprint density at radius 3 is 2.62 bits per heavy atom. The number of hydrogen-bond donors (Lipinski definition) is 1. The van der Waals surface area contributed by atoms with Gasteiger partial charge in [-0.1, -0.05) is 11.6 Å². The van der Waals surface area contributed by atoms with E-state index in [1.54, 1.807) is 24.5 Å². The van der Waals surface area contributed by atoms with Crippen molar-refractivity contribution in [3.05, 3.63) is 47.7 Å². The lowest BCUT2D eigenvalue weighted by atomic mass is 10.2. The number of nitrogens with two attached hydrogens (primary N) is 1.